The van der Waals surface area contributed by atoms with Crippen molar-refractivity contribution in [2.75, 3.05) is 0 Å². The number of aromatic nitrogens is 2. The number of nitrogens with two attached hydrogens (primary N) is 1. The van der Waals surface area contributed by atoms with Gasteiger partial charge in [0, 0.05) is 5.92 Å². The van der Waals surface area contributed by atoms with Gasteiger partial charge in [-0.1, -0.05) is 25.4 Å². The average molecular weight is 195 g/mol. The molecule has 4 nitrogen and oxygen atoms in total. The van der Waals surface area contributed by atoms with E-state index in [9.17, 15) is 0 Å². The van der Waals surface area contributed by atoms with Gasteiger partial charge in [0.25, 0.3) is 0 Å². The van der Waals surface area contributed by atoms with Crippen LogP contribution in [-0.4, -0.2) is 10.1 Å². The summed E-state index contributed by atoms with van der Waals surface area (Å²) < 4.78 is 5.19. The molecule has 14 heavy (non-hydrogen) atoms. The van der Waals surface area contributed by atoms with Crippen LogP contribution in [0.25, 0.3) is 0 Å². The van der Waals surface area contributed by atoms with E-state index in [0.29, 0.717) is 17.7 Å². The zero-order valence-electron chi connectivity index (χ0n) is 8.73. The first-order chi connectivity index (χ1) is 6.72. The van der Waals surface area contributed by atoms with Crippen molar-refractivity contribution in [1.82, 2.24) is 10.1 Å². The molecule has 2 rings (SSSR count). The third-order valence-electron chi connectivity index (χ3n) is 2.82. The molecule has 1 saturated carbocycles. The fraction of sp³-hybridized carbons (Fsp3) is 0.800. The summed E-state index contributed by atoms with van der Waals surface area (Å²) in [6.07, 6.45) is 3.13. The number of hydrogen-bond donors (Lipinski definition) is 1. The van der Waals surface area contributed by atoms with Crippen molar-refractivity contribution < 1.29 is 4.52 Å². The van der Waals surface area contributed by atoms with Crippen molar-refractivity contribution in [1.29, 1.82) is 0 Å². The molecule has 3 unspecified atom stereocenters. The normalized spacial score (nSPS) is 27.6. The molecule has 1 aromatic heterocycles. The fourth-order valence-electron chi connectivity index (χ4n) is 1.65. The lowest BCUT2D eigenvalue weighted by atomic mass is 10.2. The van der Waals surface area contributed by atoms with Crippen molar-refractivity contribution in [2.24, 2.45) is 11.7 Å². The van der Waals surface area contributed by atoms with Crippen LogP contribution in [0.1, 0.15) is 56.8 Å². The molecular formula is C10H17N3O. The highest BCUT2D eigenvalue weighted by Gasteiger charge is 2.39. The Morgan fingerprint density at radius 1 is 1.64 bits per heavy atom. The summed E-state index contributed by atoms with van der Waals surface area (Å²) in [5, 5.41) is 3.92. The van der Waals surface area contributed by atoms with Gasteiger partial charge in [0.05, 0.1) is 6.04 Å². The van der Waals surface area contributed by atoms with Crippen molar-refractivity contribution in [3.8, 4) is 0 Å². The van der Waals surface area contributed by atoms with E-state index in [2.05, 4.69) is 24.0 Å². The number of hydrogen-bond acceptors (Lipinski definition) is 4. The summed E-state index contributed by atoms with van der Waals surface area (Å²) in [4.78, 5) is 4.34. The van der Waals surface area contributed by atoms with Gasteiger partial charge in [0.1, 0.15) is 0 Å². The van der Waals surface area contributed by atoms with E-state index < -0.39 is 0 Å². The highest BCUT2D eigenvalue weighted by Crippen LogP contribution is 2.46. The minimum absolute atomic E-state index is 0.0634. The smallest absolute Gasteiger partial charge is 0.230 e. The second-order valence-corrected chi connectivity index (χ2v) is 4.21. The third kappa shape index (κ3) is 1.80. The second kappa shape index (κ2) is 3.69. The van der Waals surface area contributed by atoms with Crippen molar-refractivity contribution in [3.63, 3.8) is 0 Å². The summed E-state index contributed by atoms with van der Waals surface area (Å²) in [7, 11) is 0. The molecule has 78 valence electrons. The maximum atomic E-state index is 5.89. The zero-order valence-corrected chi connectivity index (χ0v) is 8.73. The summed E-state index contributed by atoms with van der Waals surface area (Å²) in [6, 6.07) is -0.0634. The Hall–Kier alpha value is -0.900. The maximum Gasteiger partial charge on any atom is 0.230 e. The molecule has 1 fully saturated rings. The van der Waals surface area contributed by atoms with Crippen LogP contribution in [0.2, 0.25) is 0 Å². The minimum Gasteiger partial charge on any atom is -0.339 e. The molecule has 1 aliphatic rings. The Balaban J connectivity index is 2.02. The third-order valence-corrected chi connectivity index (χ3v) is 2.82. The van der Waals surface area contributed by atoms with Gasteiger partial charge in [0.2, 0.25) is 5.89 Å². The Morgan fingerprint density at radius 3 is 2.93 bits per heavy atom. The monoisotopic (exact) mass is 195 g/mol. The lowest BCUT2D eigenvalue weighted by molar-refractivity contribution is 0.366. The Labute approximate surface area is 83.9 Å². The van der Waals surface area contributed by atoms with Crippen molar-refractivity contribution in [3.05, 3.63) is 11.7 Å². The largest absolute Gasteiger partial charge is 0.339 e. The van der Waals surface area contributed by atoms with E-state index in [1.807, 2.05) is 0 Å². The van der Waals surface area contributed by atoms with E-state index in [1.165, 1.54) is 6.42 Å². The Kier molecular flexibility index (Phi) is 2.54. The second-order valence-electron chi connectivity index (χ2n) is 4.21. The number of nitrogens with zero attached hydrogens (tertiary/aromatic N) is 2. The molecule has 3 atom stereocenters. The van der Waals surface area contributed by atoms with E-state index in [-0.39, 0.29) is 6.04 Å². The first kappa shape index (κ1) is 9.65. The number of rotatable bonds is 4. The molecule has 0 spiro atoms. The first-order valence-electron chi connectivity index (χ1n) is 5.31. The first-order valence-corrected chi connectivity index (χ1v) is 5.31. The van der Waals surface area contributed by atoms with Crippen LogP contribution in [-0.2, 0) is 0 Å². The molecule has 1 heterocycles. The minimum atomic E-state index is -0.0634. The van der Waals surface area contributed by atoms with Gasteiger partial charge in [-0.25, -0.2) is 0 Å². The molecule has 0 aliphatic heterocycles. The van der Waals surface area contributed by atoms with Crippen LogP contribution in [0, 0.1) is 5.92 Å². The predicted molar refractivity (Wildman–Crippen MR) is 52.7 cm³/mol. The van der Waals surface area contributed by atoms with Crippen molar-refractivity contribution >= 4 is 0 Å². The fourth-order valence-corrected chi connectivity index (χ4v) is 1.65. The quantitative estimate of drug-likeness (QED) is 0.798. The molecule has 1 aromatic rings. The molecule has 4 heteroatoms. The maximum absolute atomic E-state index is 5.89. The Bertz CT molecular complexity index is 310. The summed E-state index contributed by atoms with van der Waals surface area (Å²) in [5.74, 6) is 2.63. The molecule has 0 radical (unpaired) electrons. The van der Waals surface area contributed by atoms with E-state index in [4.69, 9.17) is 10.3 Å². The molecular weight excluding hydrogens is 178 g/mol. The van der Waals surface area contributed by atoms with Gasteiger partial charge in [-0.3, -0.25) is 0 Å². The summed E-state index contributed by atoms with van der Waals surface area (Å²) in [5.41, 5.74) is 5.89. The van der Waals surface area contributed by atoms with E-state index in [0.717, 1.165) is 18.7 Å². The van der Waals surface area contributed by atoms with Gasteiger partial charge in [-0.2, -0.15) is 4.98 Å². The lowest BCUT2D eigenvalue weighted by Gasteiger charge is -2.02. The molecule has 1 aliphatic carbocycles. The lowest BCUT2D eigenvalue weighted by Crippen LogP contribution is -2.11. The molecule has 2 N–H and O–H groups in total. The van der Waals surface area contributed by atoms with Gasteiger partial charge in [0.15, 0.2) is 5.82 Å². The van der Waals surface area contributed by atoms with Crippen molar-refractivity contribution in [2.45, 2.75) is 45.1 Å². The Morgan fingerprint density at radius 2 is 2.36 bits per heavy atom. The standard InChI is InChI=1S/C10H17N3O/c1-3-4-8(11)9-12-10(14-13-9)7-5-6(7)2/h6-8H,3-5,11H2,1-2H3. The average Bonchev–Trinajstić information content (AvgIpc) is 2.70. The van der Waals surface area contributed by atoms with Gasteiger partial charge < -0.3 is 10.3 Å². The zero-order chi connectivity index (χ0) is 10.1. The topological polar surface area (TPSA) is 64.9 Å². The van der Waals surface area contributed by atoms with Crippen LogP contribution in [0.15, 0.2) is 4.52 Å². The molecule has 0 aromatic carbocycles. The molecule has 0 bridgehead atoms. The predicted octanol–water partition coefficient (Wildman–Crippen LogP) is 1.99. The van der Waals surface area contributed by atoms with Gasteiger partial charge in [-0.15, -0.1) is 0 Å². The summed E-state index contributed by atoms with van der Waals surface area (Å²) in [6.45, 7) is 4.30. The molecule has 0 amide bonds. The van der Waals surface area contributed by atoms with Crippen LogP contribution in [0.5, 0.6) is 0 Å². The van der Waals surface area contributed by atoms with Crippen LogP contribution in [0.4, 0.5) is 0 Å². The van der Waals surface area contributed by atoms with Gasteiger partial charge in [-0.05, 0) is 18.8 Å². The summed E-state index contributed by atoms with van der Waals surface area (Å²) >= 11 is 0. The van der Waals surface area contributed by atoms with Gasteiger partial charge >= 0.3 is 0 Å². The van der Waals surface area contributed by atoms with Crippen LogP contribution in [0.3, 0.4) is 0 Å². The highest BCUT2D eigenvalue weighted by atomic mass is 16.5. The molecule has 0 saturated heterocycles. The SMILES string of the molecule is CCCC(N)c1noc(C2CC2C)n1. The van der Waals surface area contributed by atoms with Crippen LogP contribution < -0.4 is 5.73 Å². The highest BCUT2D eigenvalue weighted by molar-refractivity contribution is 5.07. The van der Waals surface area contributed by atoms with E-state index >= 15 is 0 Å². The van der Waals surface area contributed by atoms with E-state index in [1.54, 1.807) is 0 Å². The van der Waals surface area contributed by atoms with Crippen LogP contribution >= 0.6 is 0 Å².